The van der Waals surface area contributed by atoms with Crippen LogP contribution in [-0.2, 0) is 9.53 Å². The second-order valence-corrected chi connectivity index (χ2v) is 7.19. The van der Waals surface area contributed by atoms with Crippen molar-refractivity contribution in [1.82, 2.24) is 9.27 Å². The van der Waals surface area contributed by atoms with Gasteiger partial charge in [0.1, 0.15) is 4.60 Å². The van der Waals surface area contributed by atoms with Crippen LogP contribution < -0.4 is 0 Å². The molecule has 2 aliphatic carbocycles. The molecule has 22 heavy (non-hydrogen) atoms. The van der Waals surface area contributed by atoms with Crippen molar-refractivity contribution in [2.45, 2.75) is 12.8 Å². The summed E-state index contributed by atoms with van der Waals surface area (Å²) in [6, 6.07) is 2.03. The molecular weight excluding hydrogens is 364 g/mol. The third-order valence-electron chi connectivity index (χ3n) is 4.32. The van der Waals surface area contributed by atoms with E-state index < -0.39 is 0 Å². The number of rotatable bonds is 2. The first-order chi connectivity index (χ1) is 10.7. The Bertz CT molecular complexity index is 726. The molecular formula is C16H15BrN2O2S. The fourth-order valence-corrected chi connectivity index (χ4v) is 4.52. The van der Waals surface area contributed by atoms with Gasteiger partial charge in [-0.15, -0.1) is 0 Å². The molecule has 0 N–H and O–H groups in total. The number of ketones is 1. The first-order valence-electron chi connectivity index (χ1n) is 7.35. The van der Waals surface area contributed by atoms with Crippen LogP contribution in [0.25, 0.3) is 5.57 Å². The molecule has 0 amide bonds. The topological polar surface area (TPSA) is 42.4 Å². The summed E-state index contributed by atoms with van der Waals surface area (Å²) in [6.45, 7) is 3.21. The summed E-state index contributed by atoms with van der Waals surface area (Å²) in [5.74, 6) is 0.164. The number of morpholine rings is 1. The summed E-state index contributed by atoms with van der Waals surface area (Å²) in [6.07, 6.45) is 5.57. The molecule has 0 unspecified atom stereocenters. The van der Waals surface area contributed by atoms with Crippen LogP contribution in [0.5, 0.6) is 0 Å². The van der Waals surface area contributed by atoms with Gasteiger partial charge in [0.25, 0.3) is 0 Å². The number of hydrogen-bond donors (Lipinski definition) is 0. The fourth-order valence-electron chi connectivity index (χ4n) is 3.22. The number of ether oxygens (including phenoxy) is 1. The number of carbonyl (C=O) groups excluding carboxylic acids is 1. The highest BCUT2D eigenvalue weighted by Gasteiger charge is 2.30. The van der Waals surface area contributed by atoms with Crippen molar-refractivity contribution in [3.8, 4) is 0 Å². The minimum Gasteiger partial charge on any atom is -0.378 e. The Morgan fingerprint density at radius 1 is 1.27 bits per heavy atom. The molecule has 3 aliphatic rings. The normalized spacial score (nSPS) is 21.9. The first-order valence-corrected chi connectivity index (χ1v) is 8.92. The first kappa shape index (κ1) is 14.4. The molecule has 0 saturated carbocycles. The van der Waals surface area contributed by atoms with Crippen molar-refractivity contribution in [2.75, 3.05) is 26.3 Å². The molecule has 2 heterocycles. The van der Waals surface area contributed by atoms with E-state index >= 15 is 0 Å². The molecule has 0 radical (unpaired) electrons. The second-order valence-electron chi connectivity index (χ2n) is 5.57. The van der Waals surface area contributed by atoms with Gasteiger partial charge in [0.05, 0.1) is 18.1 Å². The highest BCUT2D eigenvalue weighted by atomic mass is 79.9. The molecule has 0 bridgehead atoms. The standard InChI is InChI=1S/C16H15BrN2O2S/c17-16-9-15(22-18-16)12-2-1-11-13(12)7-10(8-14(11)20)19-3-5-21-6-4-19/h2,8-9H,1,3-7H2. The third kappa shape index (κ3) is 2.49. The van der Waals surface area contributed by atoms with E-state index in [0.29, 0.717) is 0 Å². The van der Waals surface area contributed by atoms with Gasteiger partial charge in [0, 0.05) is 36.9 Å². The highest BCUT2D eigenvalue weighted by Crippen LogP contribution is 2.42. The SMILES string of the molecule is O=C1C=C(N2CCOCC2)CC2=C1CC=C2c1cc(Br)ns1. The van der Waals surface area contributed by atoms with Crippen LogP contribution in [0.4, 0.5) is 0 Å². The average Bonchev–Trinajstić information content (AvgIpc) is 3.14. The monoisotopic (exact) mass is 378 g/mol. The van der Waals surface area contributed by atoms with Crippen LogP contribution in [-0.4, -0.2) is 41.4 Å². The molecule has 0 aromatic carbocycles. The van der Waals surface area contributed by atoms with Crippen LogP contribution in [0.3, 0.4) is 0 Å². The van der Waals surface area contributed by atoms with Gasteiger partial charge in [-0.25, -0.2) is 0 Å². The average molecular weight is 379 g/mol. The van der Waals surface area contributed by atoms with Crippen molar-refractivity contribution >= 4 is 38.8 Å². The van der Waals surface area contributed by atoms with Gasteiger partial charge >= 0.3 is 0 Å². The summed E-state index contributed by atoms with van der Waals surface area (Å²) < 4.78 is 10.6. The van der Waals surface area contributed by atoms with Crippen LogP contribution in [0, 0.1) is 0 Å². The zero-order chi connectivity index (χ0) is 15.1. The molecule has 1 aromatic heterocycles. The Hall–Kier alpha value is -1.24. The van der Waals surface area contributed by atoms with Crippen molar-refractivity contribution < 1.29 is 9.53 Å². The largest absolute Gasteiger partial charge is 0.378 e. The van der Waals surface area contributed by atoms with Gasteiger partial charge in [-0.3, -0.25) is 4.79 Å². The number of carbonyl (C=O) groups is 1. The third-order valence-corrected chi connectivity index (χ3v) is 5.78. The van der Waals surface area contributed by atoms with E-state index in [1.165, 1.54) is 22.7 Å². The maximum atomic E-state index is 12.5. The van der Waals surface area contributed by atoms with Gasteiger partial charge in [0.15, 0.2) is 5.78 Å². The number of allylic oxidation sites excluding steroid dienone is 5. The van der Waals surface area contributed by atoms with Gasteiger partial charge < -0.3 is 9.64 Å². The number of halogens is 1. The smallest absolute Gasteiger partial charge is 0.184 e. The summed E-state index contributed by atoms with van der Waals surface area (Å²) in [4.78, 5) is 15.9. The van der Waals surface area contributed by atoms with E-state index in [-0.39, 0.29) is 5.78 Å². The Morgan fingerprint density at radius 2 is 2.09 bits per heavy atom. The molecule has 114 valence electrons. The van der Waals surface area contributed by atoms with E-state index in [1.54, 1.807) is 0 Å². The highest BCUT2D eigenvalue weighted by molar-refractivity contribution is 9.10. The van der Waals surface area contributed by atoms with E-state index in [0.717, 1.165) is 59.9 Å². The minimum atomic E-state index is 0.164. The Balaban J connectivity index is 1.62. The lowest BCUT2D eigenvalue weighted by Crippen LogP contribution is -2.36. The molecule has 1 saturated heterocycles. The predicted octanol–water partition coefficient (Wildman–Crippen LogP) is 3.18. The quantitative estimate of drug-likeness (QED) is 0.792. The van der Waals surface area contributed by atoms with Crippen molar-refractivity contribution in [3.05, 3.63) is 44.5 Å². The Morgan fingerprint density at radius 3 is 2.82 bits per heavy atom. The number of hydrogen-bond acceptors (Lipinski definition) is 5. The predicted molar refractivity (Wildman–Crippen MR) is 89.5 cm³/mol. The van der Waals surface area contributed by atoms with Gasteiger partial charge in [0.2, 0.25) is 0 Å². The summed E-state index contributed by atoms with van der Waals surface area (Å²) in [7, 11) is 0. The summed E-state index contributed by atoms with van der Waals surface area (Å²) in [5, 5.41) is 0. The molecule has 1 aliphatic heterocycles. The van der Waals surface area contributed by atoms with Crippen molar-refractivity contribution in [2.24, 2.45) is 0 Å². The molecule has 0 spiro atoms. The van der Waals surface area contributed by atoms with Gasteiger partial charge in [-0.2, -0.15) is 4.37 Å². The summed E-state index contributed by atoms with van der Waals surface area (Å²) in [5.41, 5.74) is 4.45. The van der Waals surface area contributed by atoms with Crippen LogP contribution >= 0.6 is 27.5 Å². The maximum absolute atomic E-state index is 12.5. The zero-order valence-electron chi connectivity index (χ0n) is 12.0. The van der Waals surface area contributed by atoms with E-state index in [2.05, 4.69) is 31.3 Å². The molecule has 4 rings (SSSR count). The molecule has 1 fully saturated rings. The van der Waals surface area contributed by atoms with Crippen molar-refractivity contribution in [3.63, 3.8) is 0 Å². The molecule has 1 aromatic rings. The van der Waals surface area contributed by atoms with Crippen LogP contribution in [0.2, 0.25) is 0 Å². The van der Waals surface area contributed by atoms with Gasteiger partial charge in [-0.1, -0.05) is 6.08 Å². The number of aromatic nitrogens is 1. The lowest BCUT2D eigenvalue weighted by molar-refractivity contribution is -0.111. The second kappa shape index (κ2) is 5.76. The van der Waals surface area contributed by atoms with Gasteiger partial charge in [-0.05, 0) is 51.1 Å². The molecule has 0 atom stereocenters. The fraction of sp³-hybridized carbons (Fsp3) is 0.375. The lowest BCUT2D eigenvalue weighted by atomic mass is 9.91. The lowest BCUT2D eigenvalue weighted by Gasteiger charge is -2.33. The van der Waals surface area contributed by atoms with Crippen LogP contribution in [0.1, 0.15) is 17.7 Å². The Labute approximate surface area is 141 Å². The minimum absolute atomic E-state index is 0.164. The van der Waals surface area contributed by atoms with Crippen LogP contribution in [0.15, 0.2) is 39.7 Å². The van der Waals surface area contributed by atoms with Crippen molar-refractivity contribution in [1.29, 1.82) is 0 Å². The molecule has 4 nitrogen and oxygen atoms in total. The summed E-state index contributed by atoms with van der Waals surface area (Å²) >= 11 is 4.89. The van der Waals surface area contributed by atoms with E-state index in [1.807, 2.05) is 12.1 Å². The maximum Gasteiger partial charge on any atom is 0.184 e. The zero-order valence-corrected chi connectivity index (χ0v) is 14.4. The number of nitrogens with zero attached hydrogens (tertiary/aromatic N) is 2. The molecule has 6 heteroatoms. The Kier molecular flexibility index (Phi) is 3.76. The van der Waals surface area contributed by atoms with E-state index in [9.17, 15) is 4.79 Å². The van der Waals surface area contributed by atoms with E-state index in [4.69, 9.17) is 4.74 Å².